The zero-order chi connectivity index (χ0) is 24.9. The number of carbonyl (C=O) groups is 2. The Bertz CT molecular complexity index is 645. The lowest BCUT2D eigenvalue weighted by Crippen LogP contribution is -2.48. The van der Waals surface area contributed by atoms with E-state index in [-0.39, 0.29) is 11.8 Å². The van der Waals surface area contributed by atoms with Crippen molar-refractivity contribution in [1.29, 1.82) is 0 Å². The van der Waals surface area contributed by atoms with E-state index in [9.17, 15) is 9.59 Å². The van der Waals surface area contributed by atoms with Gasteiger partial charge >= 0.3 is 0 Å². The molecule has 5 heteroatoms. The number of amides is 2. The molecule has 0 saturated carbocycles. The molecular formula is C29H52N3O2+. The third-order valence-corrected chi connectivity index (χ3v) is 6.48. The highest BCUT2D eigenvalue weighted by Gasteiger charge is 2.21. The van der Waals surface area contributed by atoms with E-state index < -0.39 is 6.04 Å². The molecule has 0 aliphatic carbocycles. The molecule has 0 fully saturated rings. The Kier molecular flexibility index (Phi) is 18.1. The van der Waals surface area contributed by atoms with Gasteiger partial charge in [0.2, 0.25) is 11.8 Å². The first-order valence-electron chi connectivity index (χ1n) is 14.1. The molecule has 1 heterocycles. The van der Waals surface area contributed by atoms with Gasteiger partial charge in [0.1, 0.15) is 13.1 Å². The van der Waals surface area contributed by atoms with Crippen molar-refractivity contribution in [3.8, 4) is 0 Å². The number of aromatic nitrogens is 1. The Labute approximate surface area is 209 Å². The maximum atomic E-state index is 12.9. The van der Waals surface area contributed by atoms with Crippen LogP contribution in [0.5, 0.6) is 0 Å². The molecular weight excluding hydrogens is 422 g/mol. The number of unbranched alkanes of at least 4 members (excludes halogenated alkanes) is 13. The van der Waals surface area contributed by atoms with E-state index >= 15 is 0 Å². The number of rotatable bonds is 21. The molecule has 1 aromatic rings. The average Bonchev–Trinajstić information content (AvgIpc) is 2.83. The average molecular weight is 475 g/mol. The normalized spacial score (nSPS) is 11.9. The molecule has 1 unspecified atom stereocenters. The highest BCUT2D eigenvalue weighted by molar-refractivity contribution is 5.87. The van der Waals surface area contributed by atoms with Gasteiger partial charge in [-0.15, -0.1) is 0 Å². The highest BCUT2D eigenvalue weighted by Crippen LogP contribution is 2.10. The van der Waals surface area contributed by atoms with Crippen molar-refractivity contribution in [3.63, 3.8) is 0 Å². The highest BCUT2D eigenvalue weighted by atomic mass is 16.2. The molecule has 2 N–H and O–H groups in total. The van der Waals surface area contributed by atoms with Gasteiger partial charge in [-0.05, 0) is 18.4 Å². The van der Waals surface area contributed by atoms with E-state index in [1.54, 1.807) is 0 Å². The minimum atomic E-state index is -0.515. The lowest BCUT2D eigenvalue weighted by Gasteiger charge is -2.18. The summed E-state index contributed by atoms with van der Waals surface area (Å²) in [4.78, 5) is 25.5. The van der Waals surface area contributed by atoms with Gasteiger partial charge in [0.25, 0.3) is 0 Å². The quantitative estimate of drug-likeness (QED) is 0.171. The standard InChI is InChI=1S/C29H51N3O2/c1-4-6-8-10-12-14-16-18-22-30-29(34)27(25-26-20-23-32(3)24-21-26)31-28(33)19-17-15-13-11-9-7-5-2/h20-21,23-24,27H,4-19,22,25H2,1-3H3,(H-,30,31,33,34)/p+1. The molecule has 0 bridgehead atoms. The second-order valence-corrected chi connectivity index (χ2v) is 9.83. The van der Waals surface area contributed by atoms with Crippen LogP contribution in [0.15, 0.2) is 24.5 Å². The summed E-state index contributed by atoms with van der Waals surface area (Å²) in [5.41, 5.74) is 1.06. The molecule has 0 radical (unpaired) electrons. The summed E-state index contributed by atoms with van der Waals surface area (Å²) in [7, 11) is 1.97. The fraction of sp³-hybridized carbons (Fsp3) is 0.759. The van der Waals surface area contributed by atoms with Gasteiger partial charge in [0.05, 0.1) is 0 Å². The van der Waals surface area contributed by atoms with Crippen molar-refractivity contribution in [1.82, 2.24) is 10.6 Å². The summed E-state index contributed by atoms with van der Waals surface area (Å²) in [6.07, 6.45) is 23.2. The van der Waals surface area contributed by atoms with Crippen LogP contribution >= 0.6 is 0 Å². The minimum Gasteiger partial charge on any atom is -0.354 e. The van der Waals surface area contributed by atoms with E-state index in [0.29, 0.717) is 19.4 Å². The Morgan fingerprint density at radius 3 is 1.82 bits per heavy atom. The van der Waals surface area contributed by atoms with Crippen LogP contribution in [0.3, 0.4) is 0 Å². The number of aryl methyl sites for hydroxylation is 1. The van der Waals surface area contributed by atoms with Crippen LogP contribution in [0.25, 0.3) is 0 Å². The zero-order valence-corrected chi connectivity index (χ0v) is 22.4. The van der Waals surface area contributed by atoms with Crippen LogP contribution in [-0.2, 0) is 23.1 Å². The van der Waals surface area contributed by atoms with Crippen molar-refractivity contribution >= 4 is 11.8 Å². The number of nitrogens with zero attached hydrogens (tertiary/aromatic N) is 1. The molecule has 0 saturated heterocycles. The molecule has 5 nitrogen and oxygen atoms in total. The predicted molar refractivity (Wildman–Crippen MR) is 141 cm³/mol. The van der Waals surface area contributed by atoms with Gasteiger partial charge in [-0.25, -0.2) is 4.57 Å². The molecule has 0 aliphatic heterocycles. The summed E-state index contributed by atoms with van der Waals surface area (Å²) in [6, 6.07) is 3.52. The monoisotopic (exact) mass is 474 g/mol. The molecule has 1 rings (SSSR count). The van der Waals surface area contributed by atoms with Gasteiger partial charge in [-0.2, -0.15) is 0 Å². The molecule has 1 atom stereocenters. The van der Waals surface area contributed by atoms with Gasteiger partial charge < -0.3 is 10.6 Å². The van der Waals surface area contributed by atoms with E-state index in [1.165, 1.54) is 70.6 Å². The summed E-state index contributed by atoms with van der Waals surface area (Å²) >= 11 is 0. The second-order valence-electron chi connectivity index (χ2n) is 9.83. The fourth-order valence-electron chi connectivity index (χ4n) is 4.22. The molecule has 0 aromatic carbocycles. The second kappa shape index (κ2) is 20.5. The van der Waals surface area contributed by atoms with Gasteiger partial charge in [-0.1, -0.05) is 97.3 Å². The number of hydrogen-bond donors (Lipinski definition) is 2. The number of pyridine rings is 1. The lowest BCUT2D eigenvalue weighted by atomic mass is 10.0. The Hall–Kier alpha value is -1.91. The third-order valence-electron chi connectivity index (χ3n) is 6.48. The van der Waals surface area contributed by atoms with Crippen LogP contribution in [-0.4, -0.2) is 24.4 Å². The van der Waals surface area contributed by atoms with Crippen LogP contribution in [0.2, 0.25) is 0 Å². The summed E-state index contributed by atoms with van der Waals surface area (Å²) < 4.78 is 1.97. The smallest absolute Gasteiger partial charge is 0.242 e. The first-order valence-corrected chi connectivity index (χ1v) is 14.1. The number of hydrogen-bond acceptors (Lipinski definition) is 2. The Morgan fingerprint density at radius 2 is 1.26 bits per heavy atom. The van der Waals surface area contributed by atoms with Crippen molar-refractivity contribution in [2.45, 2.75) is 129 Å². The van der Waals surface area contributed by atoms with Crippen molar-refractivity contribution < 1.29 is 14.2 Å². The van der Waals surface area contributed by atoms with Crippen LogP contribution in [0, 0.1) is 0 Å². The summed E-state index contributed by atoms with van der Waals surface area (Å²) in [5.74, 6) is -0.0774. The zero-order valence-electron chi connectivity index (χ0n) is 22.4. The largest absolute Gasteiger partial charge is 0.354 e. The van der Waals surface area contributed by atoms with E-state index in [4.69, 9.17) is 0 Å². The van der Waals surface area contributed by atoms with Crippen molar-refractivity contribution in [3.05, 3.63) is 30.1 Å². The third kappa shape index (κ3) is 15.8. The molecule has 0 spiro atoms. The first kappa shape index (κ1) is 30.1. The number of carbonyl (C=O) groups excluding carboxylic acids is 2. The van der Waals surface area contributed by atoms with E-state index in [0.717, 1.165) is 31.2 Å². The SMILES string of the molecule is CCCCCCCCCCNC(=O)C(Cc1cc[n+](C)cc1)NC(=O)CCCCCCCCC. The van der Waals surface area contributed by atoms with Crippen molar-refractivity contribution in [2.75, 3.05) is 6.54 Å². The van der Waals surface area contributed by atoms with Crippen LogP contribution in [0.1, 0.15) is 122 Å². The molecule has 2 amide bonds. The molecule has 194 valence electrons. The maximum absolute atomic E-state index is 12.9. The number of nitrogens with one attached hydrogen (secondary N) is 2. The topological polar surface area (TPSA) is 62.1 Å². The van der Waals surface area contributed by atoms with E-state index in [2.05, 4.69) is 24.5 Å². The summed E-state index contributed by atoms with van der Waals surface area (Å²) in [5, 5.41) is 6.08. The Morgan fingerprint density at radius 1 is 0.765 bits per heavy atom. The summed E-state index contributed by atoms with van der Waals surface area (Å²) in [6.45, 7) is 5.15. The Balaban J connectivity index is 2.40. The molecule has 0 aliphatic rings. The lowest BCUT2D eigenvalue weighted by molar-refractivity contribution is -0.671. The minimum absolute atomic E-state index is 0.0118. The van der Waals surface area contributed by atoms with Crippen LogP contribution in [0.4, 0.5) is 0 Å². The van der Waals surface area contributed by atoms with Gasteiger partial charge in [0.15, 0.2) is 12.4 Å². The van der Waals surface area contributed by atoms with E-state index in [1.807, 2.05) is 36.1 Å². The van der Waals surface area contributed by atoms with Crippen molar-refractivity contribution in [2.24, 2.45) is 7.05 Å². The maximum Gasteiger partial charge on any atom is 0.242 e. The van der Waals surface area contributed by atoms with Gasteiger partial charge in [-0.3, -0.25) is 9.59 Å². The molecule has 1 aromatic heterocycles. The molecule has 34 heavy (non-hydrogen) atoms. The first-order chi connectivity index (χ1) is 16.6. The van der Waals surface area contributed by atoms with Crippen LogP contribution < -0.4 is 15.2 Å². The fourth-order valence-corrected chi connectivity index (χ4v) is 4.22. The van der Waals surface area contributed by atoms with Gasteiger partial charge in [0, 0.05) is 31.5 Å². The predicted octanol–water partition coefficient (Wildman–Crippen LogP) is 5.94.